The van der Waals surface area contributed by atoms with Crippen molar-refractivity contribution < 1.29 is 0 Å². The maximum atomic E-state index is 4.64. The summed E-state index contributed by atoms with van der Waals surface area (Å²) in [5.74, 6) is 0.702. The molecule has 0 radical (unpaired) electrons. The molecular formula is C20H22N4S. The molecule has 1 saturated carbocycles. The number of benzene rings is 1. The summed E-state index contributed by atoms with van der Waals surface area (Å²) in [4.78, 5) is 8.52. The zero-order chi connectivity index (χ0) is 16.6. The number of fused-ring (bicyclic) bond motifs is 1. The fraction of sp³-hybridized carbons (Fsp3) is 0.400. The second-order valence-corrected chi connectivity index (χ2v) is 8.27. The van der Waals surface area contributed by atoms with Crippen LogP contribution in [0.15, 0.2) is 36.5 Å². The van der Waals surface area contributed by atoms with Gasteiger partial charge in [0.15, 0.2) is 0 Å². The molecular weight excluding hydrogens is 328 g/mol. The molecule has 3 heterocycles. The molecule has 25 heavy (non-hydrogen) atoms. The van der Waals surface area contributed by atoms with E-state index in [9.17, 15) is 0 Å². The van der Waals surface area contributed by atoms with Crippen molar-refractivity contribution in [3.63, 3.8) is 0 Å². The zero-order valence-electron chi connectivity index (χ0n) is 14.2. The first-order valence-corrected chi connectivity index (χ1v) is 9.97. The molecule has 0 unspecified atom stereocenters. The Labute approximate surface area is 151 Å². The van der Waals surface area contributed by atoms with Crippen LogP contribution in [0.3, 0.4) is 0 Å². The van der Waals surface area contributed by atoms with E-state index in [4.69, 9.17) is 0 Å². The third kappa shape index (κ3) is 2.92. The number of nitrogens with one attached hydrogen (secondary N) is 1. The lowest BCUT2D eigenvalue weighted by Gasteiger charge is -2.29. The van der Waals surface area contributed by atoms with E-state index in [0.29, 0.717) is 5.92 Å². The molecule has 2 aliphatic rings. The normalized spacial score (nSPS) is 18.1. The van der Waals surface area contributed by atoms with Crippen LogP contribution in [0.4, 0.5) is 0 Å². The maximum Gasteiger partial charge on any atom is 0.123 e. The van der Waals surface area contributed by atoms with Gasteiger partial charge in [-0.15, -0.1) is 11.3 Å². The Morgan fingerprint density at radius 1 is 1.20 bits per heavy atom. The lowest BCUT2D eigenvalue weighted by Crippen LogP contribution is -2.30. The Bertz CT molecular complexity index is 863. The van der Waals surface area contributed by atoms with Crippen LogP contribution in [0.1, 0.15) is 47.0 Å². The van der Waals surface area contributed by atoms with E-state index in [1.54, 1.807) is 0 Å². The van der Waals surface area contributed by atoms with Crippen LogP contribution in [0.25, 0.3) is 10.6 Å². The number of rotatable bonds is 4. The lowest BCUT2D eigenvalue weighted by molar-refractivity contribution is 0.244. The number of hydrogen-bond donors (Lipinski definition) is 1. The third-order valence-electron chi connectivity index (χ3n) is 5.49. The first kappa shape index (κ1) is 15.3. The van der Waals surface area contributed by atoms with Crippen LogP contribution < -0.4 is 0 Å². The molecule has 1 aromatic carbocycles. The summed E-state index contributed by atoms with van der Waals surface area (Å²) >= 11 is 1.81. The number of thiazole rings is 1. The van der Waals surface area contributed by atoms with Gasteiger partial charge in [0.2, 0.25) is 0 Å². The van der Waals surface area contributed by atoms with Crippen LogP contribution >= 0.6 is 11.3 Å². The van der Waals surface area contributed by atoms with Gasteiger partial charge in [0.1, 0.15) is 5.01 Å². The van der Waals surface area contributed by atoms with Crippen LogP contribution in [-0.4, -0.2) is 26.6 Å². The standard InChI is InChI=1S/C20H22N4S/c1-2-5-15(6-3-1)20-21-11-16(25-20)12-24-10-9-18-17(13-24)19(23-22-18)14-7-4-8-14/h1-3,5-6,11,14H,4,7-10,12-13H2,(H,22,23). The van der Waals surface area contributed by atoms with E-state index in [-0.39, 0.29) is 0 Å². The Morgan fingerprint density at radius 2 is 2.08 bits per heavy atom. The molecule has 1 aliphatic heterocycles. The van der Waals surface area contributed by atoms with Gasteiger partial charge in [-0.2, -0.15) is 5.10 Å². The number of aromatic amines is 1. The summed E-state index contributed by atoms with van der Waals surface area (Å²) < 4.78 is 0. The summed E-state index contributed by atoms with van der Waals surface area (Å²) in [6.45, 7) is 3.10. The minimum absolute atomic E-state index is 0.702. The molecule has 0 bridgehead atoms. The summed E-state index contributed by atoms with van der Waals surface area (Å²) in [6, 6.07) is 10.5. The van der Waals surface area contributed by atoms with Gasteiger partial charge < -0.3 is 0 Å². The minimum Gasteiger partial charge on any atom is -0.293 e. The Kier molecular flexibility index (Phi) is 3.91. The molecule has 3 aromatic rings. The van der Waals surface area contributed by atoms with Gasteiger partial charge in [-0.05, 0) is 12.8 Å². The average molecular weight is 350 g/mol. The van der Waals surface area contributed by atoms with Gasteiger partial charge in [-0.1, -0.05) is 36.8 Å². The topological polar surface area (TPSA) is 44.8 Å². The molecule has 1 aliphatic carbocycles. The number of aromatic nitrogens is 3. The number of nitrogens with zero attached hydrogens (tertiary/aromatic N) is 3. The van der Waals surface area contributed by atoms with Crippen LogP contribution in [0.2, 0.25) is 0 Å². The summed E-state index contributed by atoms with van der Waals surface area (Å²) in [6.07, 6.45) is 7.11. The average Bonchev–Trinajstić information content (AvgIpc) is 3.22. The van der Waals surface area contributed by atoms with E-state index in [1.807, 2.05) is 23.6 Å². The summed E-state index contributed by atoms with van der Waals surface area (Å²) in [7, 11) is 0. The highest BCUT2D eigenvalue weighted by molar-refractivity contribution is 7.15. The SMILES string of the molecule is c1ccc(-c2ncc(CN3CCc4[nH]nc(C5CCC5)c4C3)s2)cc1. The van der Waals surface area contributed by atoms with Gasteiger partial charge in [0, 0.05) is 59.9 Å². The molecule has 4 nitrogen and oxygen atoms in total. The Hall–Kier alpha value is -1.98. The van der Waals surface area contributed by atoms with Crippen molar-refractivity contribution in [2.75, 3.05) is 6.54 Å². The van der Waals surface area contributed by atoms with Crippen molar-refractivity contribution in [2.24, 2.45) is 0 Å². The Balaban J connectivity index is 1.31. The fourth-order valence-electron chi connectivity index (χ4n) is 3.84. The predicted molar refractivity (Wildman–Crippen MR) is 101 cm³/mol. The minimum atomic E-state index is 0.702. The van der Waals surface area contributed by atoms with Crippen molar-refractivity contribution in [2.45, 2.75) is 44.7 Å². The highest BCUT2D eigenvalue weighted by atomic mass is 32.1. The van der Waals surface area contributed by atoms with Gasteiger partial charge in [-0.25, -0.2) is 4.98 Å². The molecule has 0 amide bonds. The molecule has 5 rings (SSSR count). The molecule has 0 atom stereocenters. The van der Waals surface area contributed by atoms with Crippen molar-refractivity contribution in [1.82, 2.24) is 20.1 Å². The smallest absolute Gasteiger partial charge is 0.123 e. The predicted octanol–water partition coefficient (Wildman–Crippen LogP) is 4.36. The van der Waals surface area contributed by atoms with E-state index in [0.717, 1.165) is 31.1 Å². The van der Waals surface area contributed by atoms with Crippen LogP contribution in [0, 0.1) is 0 Å². The monoisotopic (exact) mass is 350 g/mol. The molecule has 5 heteroatoms. The van der Waals surface area contributed by atoms with Crippen molar-refractivity contribution in [3.05, 3.63) is 58.4 Å². The first-order chi connectivity index (χ1) is 12.4. The molecule has 1 N–H and O–H groups in total. The Morgan fingerprint density at radius 3 is 2.88 bits per heavy atom. The maximum absolute atomic E-state index is 4.64. The number of hydrogen-bond acceptors (Lipinski definition) is 4. The largest absolute Gasteiger partial charge is 0.293 e. The van der Waals surface area contributed by atoms with Gasteiger partial charge >= 0.3 is 0 Å². The molecule has 128 valence electrons. The van der Waals surface area contributed by atoms with Crippen molar-refractivity contribution in [1.29, 1.82) is 0 Å². The van der Waals surface area contributed by atoms with E-state index in [1.165, 1.54) is 46.7 Å². The summed E-state index contributed by atoms with van der Waals surface area (Å²) in [5, 5.41) is 9.06. The second-order valence-electron chi connectivity index (χ2n) is 7.15. The van der Waals surface area contributed by atoms with Crippen molar-refractivity contribution in [3.8, 4) is 10.6 Å². The molecule has 2 aromatic heterocycles. The zero-order valence-corrected chi connectivity index (χ0v) is 15.1. The molecule has 0 saturated heterocycles. The fourth-order valence-corrected chi connectivity index (χ4v) is 4.80. The van der Waals surface area contributed by atoms with E-state index >= 15 is 0 Å². The lowest BCUT2D eigenvalue weighted by atomic mass is 9.81. The van der Waals surface area contributed by atoms with Gasteiger partial charge in [0.25, 0.3) is 0 Å². The van der Waals surface area contributed by atoms with Gasteiger partial charge in [0.05, 0.1) is 5.69 Å². The second kappa shape index (κ2) is 6.39. The molecule has 1 fully saturated rings. The number of H-pyrrole nitrogens is 1. The summed E-state index contributed by atoms with van der Waals surface area (Å²) in [5.41, 5.74) is 5.40. The van der Waals surface area contributed by atoms with Gasteiger partial charge in [-0.3, -0.25) is 10.00 Å². The van der Waals surface area contributed by atoms with Crippen molar-refractivity contribution >= 4 is 11.3 Å². The van der Waals surface area contributed by atoms with Crippen LogP contribution in [0.5, 0.6) is 0 Å². The third-order valence-corrected chi connectivity index (χ3v) is 6.52. The quantitative estimate of drug-likeness (QED) is 0.760. The van der Waals surface area contributed by atoms with Crippen LogP contribution in [-0.2, 0) is 19.5 Å². The molecule has 0 spiro atoms. The van der Waals surface area contributed by atoms with E-state index in [2.05, 4.69) is 44.3 Å². The highest BCUT2D eigenvalue weighted by Crippen LogP contribution is 2.39. The first-order valence-electron chi connectivity index (χ1n) is 9.15. The van der Waals surface area contributed by atoms with E-state index < -0.39 is 0 Å². The highest BCUT2D eigenvalue weighted by Gasteiger charge is 2.29.